The summed E-state index contributed by atoms with van der Waals surface area (Å²) in [6.45, 7) is -0.150. The Morgan fingerprint density at radius 3 is 2.35 bits per heavy atom. The number of urea groups is 1. The number of aryl methyl sites for hydroxylation is 1. The van der Waals surface area contributed by atoms with Gasteiger partial charge in [-0.1, -0.05) is 0 Å². The van der Waals surface area contributed by atoms with E-state index in [1.165, 1.54) is 36.5 Å². The maximum absolute atomic E-state index is 15.3. The van der Waals surface area contributed by atoms with Gasteiger partial charge in [-0.05, 0) is 18.2 Å². The monoisotopic (exact) mass is 470 g/mol. The molecule has 4 aromatic rings. The summed E-state index contributed by atoms with van der Waals surface area (Å²) >= 11 is 0. The number of hydrogen-bond donors (Lipinski definition) is 1. The molecule has 1 atom stereocenters. The second-order valence-corrected chi connectivity index (χ2v) is 8.08. The van der Waals surface area contributed by atoms with Crippen molar-refractivity contribution in [1.29, 1.82) is 0 Å². The van der Waals surface area contributed by atoms with Gasteiger partial charge in [0, 0.05) is 54.8 Å². The van der Waals surface area contributed by atoms with Gasteiger partial charge in [-0.2, -0.15) is 0 Å². The van der Waals surface area contributed by atoms with E-state index in [0.717, 1.165) is 4.90 Å². The zero-order valence-electron chi connectivity index (χ0n) is 18.1. The third-order valence-corrected chi connectivity index (χ3v) is 6.07. The van der Waals surface area contributed by atoms with Crippen molar-refractivity contribution in [1.82, 2.24) is 19.4 Å². The minimum Gasteiger partial charge on any atom is -0.383 e. The van der Waals surface area contributed by atoms with E-state index in [-0.39, 0.29) is 23.6 Å². The number of hydrogen-bond acceptors (Lipinski definition) is 4. The molecular formula is C23H18F4N6O. The lowest BCUT2D eigenvalue weighted by Crippen LogP contribution is -2.29. The highest BCUT2D eigenvalue weighted by Crippen LogP contribution is 2.38. The lowest BCUT2D eigenvalue weighted by molar-refractivity contribution is 0.217. The van der Waals surface area contributed by atoms with Crippen molar-refractivity contribution in [3.05, 3.63) is 71.7 Å². The van der Waals surface area contributed by atoms with E-state index in [4.69, 9.17) is 5.73 Å². The molecule has 0 saturated carbocycles. The van der Waals surface area contributed by atoms with E-state index in [1.54, 1.807) is 17.8 Å². The molecule has 0 bridgehead atoms. The van der Waals surface area contributed by atoms with Gasteiger partial charge < -0.3 is 15.2 Å². The fourth-order valence-corrected chi connectivity index (χ4v) is 4.40. The minimum absolute atomic E-state index is 0.150. The van der Waals surface area contributed by atoms with Crippen LogP contribution in [0, 0.1) is 23.3 Å². The highest BCUT2D eigenvalue weighted by Gasteiger charge is 2.39. The van der Waals surface area contributed by atoms with Gasteiger partial charge in [0.15, 0.2) is 0 Å². The van der Waals surface area contributed by atoms with Crippen LogP contribution in [0.15, 0.2) is 42.9 Å². The fraction of sp³-hybridized carbons (Fsp3) is 0.174. The van der Waals surface area contributed by atoms with Crippen LogP contribution in [-0.4, -0.2) is 39.1 Å². The predicted octanol–water partition coefficient (Wildman–Crippen LogP) is 4.39. The number of benzene rings is 2. The third kappa shape index (κ3) is 3.23. The molecule has 11 heteroatoms. The average molecular weight is 470 g/mol. The van der Waals surface area contributed by atoms with Gasteiger partial charge in [0.05, 0.1) is 18.0 Å². The first kappa shape index (κ1) is 21.7. The van der Waals surface area contributed by atoms with Gasteiger partial charge in [-0.3, -0.25) is 4.90 Å². The van der Waals surface area contributed by atoms with Crippen LogP contribution in [-0.2, 0) is 7.05 Å². The van der Waals surface area contributed by atoms with Crippen LogP contribution in [0.25, 0.3) is 22.2 Å². The second-order valence-electron chi connectivity index (χ2n) is 8.08. The van der Waals surface area contributed by atoms with Crippen molar-refractivity contribution >= 4 is 28.6 Å². The van der Waals surface area contributed by atoms with Gasteiger partial charge in [0.2, 0.25) is 0 Å². The smallest absolute Gasteiger partial charge is 0.324 e. The largest absolute Gasteiger partial charge is 0.383 e. The number of rotatable bonds is 3. The molecule has 3 heterocycles. The van der Waals surface area contributed by atoms with E-state index in [1.807, 2.05) is 0 Å². The number of nitrogens with zero attached hydrogens (tertiary/aromatic N) is 5. The van der Waals surface area contributed by atoms with Crippen LogP contribution in [0.3, 0.4) is 0 Å². The Hall–Kier alpha value is -4.15. The number of amides is 2. The molecule has 2 aromatic carbocycles. The Morgan fingerprint density at radius 1 is 0.971 bits per heavy atom. The molecule has 174 valence electrons. The van der Waals surface area contributed by atoms with Gasteiger partial charge >= 0.3 is 6.03 Å². The first-order chi connectivity index (χ1) is 16.2. The van der Waals surface area contributed by atoms with Crippen molar-refractivity contribution in [2.75, 3.05) is 24.2 Å². The van der Waals surface area contributed by atoms with E-state index in [9.17, 15) is 18.0 Å². The highest BCUT2D eigenvalue weighted by molar-refractivity contribution is 6.01. The van der Waals surface area contributed by atoms with E-state index in [2.05, 4.69) is 9.97 Å². The van der Waals surface area contributed by atoms with Crippen molar-refractivity contribution < 1.29 is 22.4 Å². The summed E-state index contributed by atoms with van der Waals surface area (Å²) in [4.78, 5) is 23.3. The molecule has 0 aliphatic carbocycles. The number of carbonyl (C=O) groups is 1. The number of nitrogens with two attached hydrogens (primary N) is 1. The van der Waals surface area contributed by atoms with Crippen molar-refractivity contribution in [3.63, 3.8) is 0 Å². The first-order valence-electron chi connectivity index (χ1n) is 10.2. The van der Waals surface area contributed by atoms with Crippen LogP contribution in [0.5, 0.6) is 0 Å². The number of fused-ring (bicyclic) bond motifs is 1. The Bertz CT molecular complexity index is 1450. The molecule has 0 radical (unpaired) electrons. The number of aromatic nitrogens is 3. The average Bonchev–Trinajstić information content (AvgIpc) is 3.26. The summed E-state index contributed by atoms with van der Waals surface area (Å²) in [5, 5.41) is 0.496. The normalized spacial score (nSPS) is 16.2. The number of halogens is 4. The summed E-state index contributed by atoms with van der Waals surface area (Å²) in [6, 6.07) is 3.71. The summed E-state index contributed by atoms with van der Waals surface area (Å²) in [5.41, 5.74) is 7.01. The molecule has 5 rings (SSSR count). The lowest BCUT2D eigenvalue weighted by atomic mass is 10.0. The second kappa shape index (κ2) is 7.72. The van der Waals surface area contributed by atoms with Crippen LogP contribution in [0.1, 0.15) is 11.6 Å². The van der Waals surface area contributed by atoms with Crippen LogP contribution in [0.2, 0.25) is 0 Å². The van der Waals surface area contributed by atoms with Gasteiger partial charge in [0.25, 0.3) is 0 Å². The molecule has 1 saturated heterocycles. The standard InChI is InChI=1S/C23H18F4N6O/c1-31-8-14(19-21(28)29-10-30-22(19)31)13-4-3-12(7-15(13)25)33-9-18(32(2)23(33)34)20-16(26)5-11(24)6-17(20)27/h3-8,10,18H,9H2,1-2H3,(H2,28,29,30). The summed E-state index contributed by atoms with van der Waals surface area (Å²) in [5.74, 6) is -3.68. The molecule has 1 unspecified atom stereocenters. The number of carbonyl (C=O) groups excluding carboxylic acids is 1. The highest BCUT2D eigenvalue weighted by atomic mass is 19.1. The van der Waals surface area contributed by atoms with Crippen molar-refractivity contribution in [2.24, 2.45) is 7.05 Å². The van der Waals surface area contributed by atoms with Crippen LogP contribution < -0.4 is 10.6 Å². The topological polar surface area (TPSA) is 80.3 Å². The lowest BCUT2D eigenvalue weighted by Gasteiger charge is -2.19. The number of anilines is 2. The van der Waals surface area contributed by atoms with E-state index in [0.29, 0.717) is 28.7 Å². The quantitative estimate of drug-likeness (QED) is 0.451. The number of likely N-dealkylation sites (N-methyl/N-ethyl adjacent to an activating group) is 1. The molecule has 1 fully saturated rings. The zero-order valence-corrected chi connectivity index (χ0v) is 18.1. The minimum atomic E-state index is -1.10. The maximum Gasteiger partial charge on any atom is 0.324 e. The SMILES string of the molecule is CN1C(=O)N(c2ccc(-c3cn(C)c4ncnc(N)c34)c(F)c2)CC1c1c(F)cc(F)cc1F. The molecule has 1 aliphatic heterocycles. The molecule has 2 amide bonds. The van der Waals surface area contributed by atoms with Gasteiger partial charge in [-0.25, -0.2) is 32.3 Å². The zero-order chi connectivity index (χ0) is 24.3. The molecule has 7 nitrogen and oxygen atoms in total. The predicted molar refractivity (Wildman–Crippen MR) is 118 cm³/mol. The summed E-state index contributed by atoms with van der Waals surface area (Å²) in [7, 11) is 3.12. The Labute approximate surface area is 191 Å². The molecule has 1 aliphatic rings. The number of nitrogen functional groups attached to an aromatic ring is 1. The molecule has 2 aromatic heterocycles. The van der Waals surface area contributed by atoms with Crippen LogP contribution in [0.4, 0.5) is 33.9 Å². The fourth-order valence-electron chi connectivity index (χ4n) is 4.40. The molecule has 34 heavy (non-hydrogen) atoms. The van der Waals surface area contributed by atoms with Gasteiger partial charge in [0.1, 0.15) is 41.1 Å². The Kier molecular flexibility index (Phi) is 4.92. The first-order valence-corrected chi connectivity index (χ1v) is 10.2. The van der Waals surface area contributed by atoms with Gasteiger partial charge in [-0.15, -0.1) is 0 Å². The third-order valence-electron chi connectivity index (χ3n) is 6.07. The summed E-state index contributed by atoms with van der Waals surface area (Å²) < 4.78 is 59.0. The Morgan fingerprint density at radius 2 is 1.68 bits per heavy atom. The van der Waals surface area contributed by atoms with Crippen LogP contribution >= 0.6 is 0 Å². The van der Waals surface area contributed by atoms with E-state index < -0.39 is 40.9 Å². The molecule has 0 spiro atoms. The van der Waals surface area contributed by atoms with E-state index >= 15 is 4.39 Å². The molecular weight excluding hydrogens is 452 g/mol. The summed E-state index contributed by atoms with van der Waals surface area (Å²) in [6.07, 6.45) is 3.00. The molecule has 2 N–H and O–H groups in total. The van der Waals surface area contributed by atoms with Crippen molar-refractivity contribution in [3.8, 4) is 11.1 Å². The Balaban J connectivity index is 1.52. The van der Waals surface area contributed by atoms with Crippen molar-refractivity contribution in [2.45, 2.75) is 6.04 Å². The maximum atomic E-state index is 15.3.